The molecule has 1 aromatic heterocycles. The van der Waals surface area contributed by atoms with Gasteiger partial charge in [0.15, 0.2) is 0 Å². The van der Waals surface area contributed by atoms with Crippen LogP contribution in [0.2, 0.25) is 0 Å². The molecule has 2 amide bonds. The molecule has 2 rings (SSSR count). The Hall–Kier alpha value is -1.58. The summed E-state index contributed by atoms with van der Waals surface area (Å²) in [5, 5.41) is 2.85. The first-order chi connectivity index (χ1) is 8.31. The van der Waals surface area contributed by atoms with Crippen LogP contribution in [0, 0.1) is 0 Å². The molecule has 1 aliphatic heterocycles. The lowest BCUT2D eigenvalue weighted by Gasteiger charge is -2.35. The van der Waals surface area contributed by atoms with Crippen LogP contribution in [0.3, 0.4) is 0 Å². The monoisotopic (exact) mass is 233 g/mol. The van der Waals surface area contributed by atoms with Gasteiger partial charge in [-0.15, -0.1) is 0 Å². The summed E-state index contributed by atoms with van der Waals surface area (Å²) in [6.07, 6.45) is 6.16. The summed E-state index contributed by atoms with van der Waals surface area (Å²) in [5.41, 5.74) is 0. The number of carbonyl (C=O) groups is 1. The van der Waals surface area contributed by atoms with Gasteiger partial charge in [-0.1, -0.05) is 13.0 Å². The van der Waals surface area contributed by atoms with Crippen LogP contribution >= 0.6 is 0 Å². The van der Waals surface area contributed by atoms with Crippen molar-refractivity contribution in [2.45, 2.75) is 38.6 Å². The van der Waals surface area contributed by atoms with Gasteiger partial charge in [-0.2, -0.15) is 0 Å². The quantitative estimate of drug-likeness (QED) is 0.853. The summed E-state index contributed by atoms with van der Waals surface area (Å²) < 4.78 is 0. The van der Waals surface area contributed by atoms with Crippen molar-refractivity contribution in [1.82, 2.24) is 9.88 Å². The number of anilines is 1. The van der Waals surface area contributed by atoms with Gasteiger partial charge in [0.1, 0.15) is 5.82 Å². The third kappa shape index (κ3) is 2.96. The SMILES string of the molecule is CCC1CCCCN1C(=O)Nc1ccccn1. The summed E-state index contributed by atoms with van der Waals surface area (Å²) >= 11 is 0. The van der Waals surface area contributed by atoms with Gasteiger partial charge in [0, 0.05) is 18.8 Å². The number of aromatic nitrogens is 1. The highest BCUT2D eigenvalue weighted by atomic mass is 16.2. The van der Waals surface area contributed by atoms with Crippen molar-refractivity contribution in [2.75, 3.05) is 11.9 Å². The summed E-state index contributed by atoms with van der Waals surface area (Å²) in [7, 11) is 0. The van der Waals surface area contributed by atoms with Crippen LogP contribution in [-0.2, 0) is 0 Å². The van der Waals surface area contributed by atoms with Crippen molar-refractivity contribution in [1.29, 1.82) is 0 Å². The Labute approximate surface area is 102 Å². The van der Waals surface area contributed by atoms with Crippen molar-refractivity contribution in [3.63, 3.8) is 0 Å². The van der Waals surface area contributed by atoms with Crippen LogP contribution in [0.15, 0.2) is 24.4 Å². The van der Waals surface area contributed by atoms with Crippen molar-refractivity contribution in [3.8, 4) is 0 Å². The minimum absolute atomic E-state index is 0.0183. The molecule has 4 heteroatoms. The second kappa shape index (κ2) is 5.66. The van der Waals surface area contributed by atoms with Gasteiger partial charge < -0.3 is 4.90 Å². The minimum atomic E-state index is -0.0183. The van der Waals surface area contributed by atoms with E-state index in [0.717, 1.165) is 25.8 Å². The van der Waals surface area contributed by atoms with Crippen molar-refractivity contribution in [3.05, 3.63) is 24.4 Å². The maximum atomic E-state index is 12.1. The van der Waals surface area contributed by atoms with E-state index in [1.165, 1.54) is 6.42 Å². The number of pyridine rings is 1. The van der Waals surface area contributed by atoms with E-state index in [0.29, 0.717) is 11.9 Å². The minimum Gasteiger partial charge on any atom is -0.322 e. The van der Waals surface area contributed by atoms with E-state index >= 15 is 0 Å². The summed E-state index contributed by atoms with van der Waals surface area (Å²) in [5.74, 6) is 0.623. The summed E-state index contributed by atoms with van der Waals surface area (Å²) in [4.78, 5) is 18.2. The third-order valence-corrected chi connectivity index (χ3v) is 3.26. The van der Waals surface area contributed by atoms with Crippen molar-refractivity contribution < 1.29 is 4.79 Å². The normalized spacial score (nSPS) is 20.1. The largest absolute Gasteiger partial charge is 0.323 e. The smallest absolute Gasteiger partial charge is 0.322 e. The standard InChI is InChI=1S/C13H19N3O/c1-2-11-7-4-6-10-16(11)13(17)15-12-8-3-5-9-14-12/h3,5,8-9,11H,2,4,6-7,10H2,1H3,(H,14,15,17). The highest BCUT2D eigenvalue weighted by molar-refractivity contribution is 5.88. The zero-order chi connectivity index (χ0) is 12.1. The molecule has 92 valence electrons. The van der Waals surface area contributed by atoms with Crippen molar-refractivity contribution in [2.24, 2.45) is 0 Å². The van der Waals surface area contributed by atoms with Gasteiger partial charge in [0.05, 0.1) is 0 Å². The first-order valence-corrected chi connectivity index (χ1v) is 6.30. The lowest BCUT2D eigenvalue weighted by Crippen LogP contribution is -2.45. The van der Waals surface area contributed by atoms with Crippen LogP contribution in [0.4, 0.5) is 10.6 Å². The molecule has 17 heavy (non-hydrogen) atoms. The van der Waals surface area contributed by atoms with Gasteiger partial charge in [0.25, 0.3) is 0 Å². The molecular weight excluding hydrogens is 214 g/mol. The molecule has 2 heterocycles. The van der Waals surface area contributed by atoms with Gasteiger partial charge >= 0.3 is 6.03 Å². The highest BCUT2D eigenvalue weighted by Gasteiger charge is 2.25. The molecule has 0 aromatic carbocycles. The Morgan fingerprint density at radius 1 is 1.53 bits per heavy atom. The topological polar surface area (TPSA) is 45.2 Å². The number of nitrogens with zero attached hydrogens (tertiary/aromatic N) is 2. The molecule has 1 atom stereocenters. The molecule has 0 spiro atoms. The molecule has 0 bridgehead atoms. The van der Waals surface area contributed by atoms with E-state index in [1.807, 2.05) is 23.1 Å². The highest BCUT2D eigenvalue weighted by Crippen LogP contribution is 2.20. The fraction of sp³-hybridized carbons (Fsp3) is 0.538. The fourth-order valence-electron chi connectivity index (χ4n) is 2.31. The van der Waals surface area contributed by atoms with Crippen LogP contribution in [-0.4, -0.2) is 28.5 Å². The molecule has 1 aromatic rings. The Morgan fingerprint density at radius 3 is 3.12 bits per heavy atom. The number of piperidine rings is 1. The first kappa shape index (κ1) is 11.9. The second-order valence-corrected chi connectivity index (χ2v) is 4.40. The summed E-state index contributed by atoms with van der Waals surface area (Å²) in [6.45, 7) is 2.99. The molecule has 1 aliphatic rings. The zero-order valence-corrected chi connectivity index (χ0v) is 10.2. The Kier molecular flexibility index (Phi) is 3.96. The van der Waals surface area contributed by atoms with Crippen LogP contribution in [0.25, 0.3) is 0 Å². The lowest BCUT2D eigenvalue weighted by molar-refractivity contribution is 0.160. The first-order valence-electron chi connectivity index (χ1n) is 6.30. The molecule has 1 unspecified atom stereocenters. The van der Waals surface area contributed by atoms with Gasteiger partial charge in [-0.05, 0) is 37.8 Å². The fourth-order valence-corrected chi connectivity index (χ4v) is 2.31. The van der Waals surface area contributed by atoms with Gasteiger partial charge in [-0.25, -0.2) is 9.78 Å². The number of urea groups is 1. The lowest BCUT2D eigenvalue weighted by atomic mass is 10.0. The second-order valence-electron chi connectivity index (χ2n) is 4.40. The predicted molar refractivity (Wildman–Crippen MR) is 67.9 cm³/mol. The van der Waals surface area contributed by atoms with Crippen molar-refractivity contribution >= 4 is 11.8 Å². The number of likely N-dealkylation sites (tertiary alicyclic amines) is 1. The van der Waals surface area contributed by atoms with E-state index < -0.39 is 0 Å². The molecule has 1 N–H and O–H groups in total. The number of carbonyl (C=O) groups excluding carboxylic acids is 1. The average Bonchev–Trinajstić information content (AvgIpc) is 2.40. The van der Waals surface area contributed by atoms with Gasteiger partial charge in [-0.3, -0.25) is 5.32 Å². The third-order valence-electron chi connectivity index (χ3n) is 3.26. The Bertz CT molecular complexity index is 366. The van der Waals surface area contributed by atoms with E-state index in [-0.39, 0.29) is 6.03 Å². The maximum Gasteiger partial charge on any atom is 0.323 e. The molecule has 4 nitrogen and oxygen atoms in total. The van der Waals surface area contributed by atoms with Gasteiger partial charge in [0.2, 0.25) is 0 Å². The molecule has 1 fully saturated rings. The molecule has 0 aliphatic carbocycles. The van der Waals surface area contributed by atoms with Crippen LogP contribution in [0.1, 0.15) is 32.6 Å². The maximum absolute atomic E-state index is 12.1. The van der Waals surface area contributed by atoms with E-state index in [9.17, 15) is 4.79 Å². The number of rotatable bonds is 2. The van der Waals surface area contributed by atoms with E-state index in [4.69, 9.17) is 0 Å². The van der Waals surface area contributed by atoms with Crippen LogP contribution in [0.5, 0.6) is 0 Å². The van der Waals surface area contributed by atoms with E-state index in [2.05, 4.69) is 17.2 Å². The molecular formula is C13H19N3O. The molecule has 1 saturated heterocycles. The number of hydrogen-bond donors (Lipinski definition) is 1. The van der Waals surface area contributed by atoms with E-state index in [1.54, 1.807) is 6.20 Å². The number of amides is 2. The zero-order valence-electron chi connectivity index (χ0n) is 10.2. The molecule has 0 saturated carbocycles. The summed E-state index contributed by atoms with van der Waals surface area (Å²) in [6, 6.07) is 5.88. The average molecular weight is 233 g/mol. The Morgan fingerprint density at radius 2 is 2.41 bits per heavy atom. The number of nitrogens with one attached hydrogen (secondary N) is 1. The molecule has 0 radical (unpaired) electrons. The Balaban J connectivity index is 1.99. The van der Waals surface area contributed by atoms with Crippen LogP contribution < -0.4 is 5.32 Å². The number of hydrogen-bond acceptors (Lipinski definition) is 2. The predicted octanol–water partition coefficient (Wildman–Crippen LogP) is 2.88.